The Balaban J connectivity index is 2.13. The summed E-state index contributed by atoms with van der Waals surface area (Å²) >= 11 is 1.29. The van der Waals surface area contributed by atoms with E-state index >= 15 is 0 Å². The van der Waals surface area contributed by atoms with Gasteiger partial charge in [-0.05, 0) is 24.3 Å². The van der Waals surface area contributed by atoms with Gasteiger partial charge in [0.15, 0.2) is 5.13 Å². The van der Waals surface area contributed by atoms with E-state index in [-0.39, 0.29) is 0 Å². The number of nitrogens with two attached hydrogens (primary N) is 1. The first kappa shape index (κ1) is 12.6. The van der Waals surface area contributed by atoms with Crippen LogP contribution in [-0.2, 0) is 6.18 Å². The molecule has 0 unspecified atom stereocenters. The van der Waals surface area contributed by atoms with Gasteiger partial charge in [-0.1, -0.05) is 0 Å². The Labute approximate surface area is 105 Å². The maximum absolute atomic E-state index is 12.3. The van der Waals surface area contributed by atoms with Crippen LogP contribution in [-0.4, -0.2) is 9.97 Å². The number of hydrogen-bond donors (Lipinski definition) is 1. The molecule has 3 nitrogen and oxygen atoms in total. The van der Waals surface area contributed by atoms with Crippen molar-refractivity contribution in [1.29, 1.82) is 0 Å². The predicted octanol–water partition coefficient (Wildman–Crippen LogP) is 3.31. The summed E-state index contributed by atoms with van der Waals surface area (Å²) in [4.78, 5) is 7.69. The topological polar surface area (TPSA) is 51.8 Å². The summed E-state index contributed by atoms with van der Waals surface area (Å²) in [6, 6.07) is 2.29. The average Bonchev–Trinajstić information content (AvgIpc) is 2.72. The first-order valence-corrected chi connectivity index (χ1v) is 5.75. The van der Waals surface area contributed by atoms with Gasteiger partial charge in [0, 0.05) is 11.6 Å². The SMILES string of the molecule is Nc1nc(C=Cc2ccc(C(F)(F)F)cn2)cs1. The van der Waals surface area contributed by atoms with E-state index in [1.165, 1.54) is 17.4 Å². The minimum atomic E-state index is -4.36. The fourth-order valence-corrected chi connectivity index (χ4v) is 1.75. The maximum Gasteiger partial charge on any atom is 0.417 e. The number of nitrogens with zero attached hydrogens (tertiary/aromatic N) is 2. The molecule has 0 aliphatic carbocycles. The van der Waals surface area contributed by atoms with Crippen molar-refractivity contribution < 1.29 is 13.2 Å². The van der Waals surface area contributed by atoms with Crippen LogP contribution >= 0.6 is 11.3 Å². The van der Waals surface area contributed by atoms with E-state index in [4.69, 9.17) is 5.73 Å². The molecule has 0 aromatic carbocycles. The van der Waals surface area contributed by atoms with Gasteiger partial charge in [-0.2, -0.15) is 13.2 Å². The van der Waals surface area contributed by atoms with Crippen molar-refractivity contribution in [2.45, 2.75) is 6.18 Å². The van der Waals surface area contributed by atoms with Crippen molar-refractivity contribution >= 4 is 28.6 Å². The van der Waals surface area contributed by atoms with Gasteiger partial charge in [-0.3, -0.25) is 4.98 Å². The Hall–Kier alpha value is -1.89. The Morgan fingerprint density at radius 3 is 2.39 bits per heavy atom. The number of rotatable bonds is 2. The standard InChI is InChI=1S/C11H8F3N3S/c12-11(13,14)7-1-2-8(16-5-7)3-4-9-6-18-10(15)17-9/h1-6H,(H2,15,17). The molecule has 0 amide bonds. The van der Waals surface area contributed by atoms with E-state index in [2.05, 4.69) is 9.97 Å². The van der Waals surface area contributed by atoms with Crippen LogP contribution in [0.5, 0.6) is 0 Å². The molecule has 2 heterocycles. The third kappa shape index (κ3) is 3.07. The van der Waals surface area contributed by atoms with Gasteiger partial charge in [0.2, 0.25) is 0 Å². The highest BCUT2D eigenvalue weighted by Gasteiger charge is 2.30. The Bertz CT molecular complexity index is 558. The molecule has 2 aromatic heterocycles. The molecular weight excluding hydrogens is 263 g/mol. The molecule has 0 saturated carbocycles. The molecule has 0 bridgehead atoms. The minimum Gasteiger partial charge on any atom is -0.375 e. The van der Waals surface area contributed by atoms with Gasteiger partial charge in [-0.25, -0.2) is 4.98 Å². The molecule has 94 valence electrons. The van der Waals surface area contributed by atoms with Gasteiger partial charge in [0.05, 0.1) is 17.0 Å². The Kier molecular flexibility index (Phi) is 3.33. The van der Waals surface area contributed by atoms with Crippen molar-refractivity contribution in [2.75, 3.05) is 5.73 Å². The van der Waals surface area contributed by atoms with Crippen LogP contribution in [0.4, 0.5) is 18.3 Å². The normalized spacial score (nSPS) is 12.2. The lowest BCUT2D eigenvalue weighted by Gasteiger charge is -2.04. The summed E-state index contributed by atoms with van der Waals surface area (Å²) in [5.74, 6) is 0. The Morgan fingerprint density at radius 2 is 1.89 bits per heavy atom. The van der Waals surface area contributed by atoms with Crippen LogP contribution in [0.2, 0.25) is 0 Å². The molecule has 0 atom stereocenters. The molecule has 0 spiro atoms. The third-order valence-electron chi connectivity index (χ3n) is 2.08. The highest BCUT2D eigenvalue weighted by Crippen LogP contribution is 2.28. The lowest BCUT2D eigenvalue weighted by molar-refractivity contribution is -0.137. The molecule has 2 N–H and O–H groups in total. The zero-order valence-corrected chi connectivity index (χ0v) is 9.79. The zero-order valence-electron chi connectivity index (χ0n) is 8.98. The molecule has 2 aromatic rings. The second-order valence-electron chi connectivity index (χ2n) is 3.41. The highest BCUT2D eigenvalue weighted by molar-refractivity contribution is 7.13. The van der Waals surface area contributed by atoms with Crippen molar-refractivity contribution in [3.05, 3.63) is 40.7 Å². The molecule has 18 heavy (non-hydrogen) atoms. The number of anilines is 1. The van der Waals surface area contributed by atoms with Crippen LogP contribution in [0.15, 0.2) is 23.7 Å². The van der Waals surface area contributed by atoms with E-state index in [0.29, 0.717) is 16.5 Å². The molecule has 2 rings (SSSR count). The lowest BCUT2D eigenvalue weighted by atomic mass is 10.2. The number of alkyl halides is 3. The lowest BCUT2D eigenvalue weighted by Crippen LogP contribution is -2.05. The molecule has 0 radical (unpaired) electrons. The number of thiazole rings is 1. The second kappa shape index (κ2) is 4.77. The number of nitrogen functional groups attached to an aromatic ring is 1. The van der Waals surface area contributed by atoms with E-state index in [0.717, 1.165) is 12.3 Å². The van der Waals surface area contributed by atoms with Crippen LogP contribution in [0.3, 0.4) is 0 Å². The summed E-state index contributed by atoms with van der Waals surface area (Å²) in [5, 5.41) is 2.19. The summed E-state index contributed by atoms with van der Waals surface area (Å²) in [6.07, 6.45) is -0.342. The monoisotopic (exact) mass is 271 g/mol. The van der Waals surface area contributed by atoms with Gasteiger partial charge >= 0.3 is 6.18 Å². The van der Waals surface area contributed by atoms with Gasteiger partial charge < -0.3 is 5.73 Å². The number of halogens is 3. The Morgan fingerprint density at radius 1 is 1.17 bits per heavy atom. The van der Waals surface area contributed by atoms with Crippen molar-refractivity contribution in [2.24, 2.45) is 0 Å². The fraction of sp³-hybridized carbons (Fsp3) is 0.0909. The highest BCUT2D eigenvalue weighted by atomic mass is 32.1. The largest absolute Gasteiger partial charge is 0.417 e. The summed E-state index contributed by atoms with van der Waals surface area (Å²) < 4.78 is 36.9. The third-order valence-corrected chi connectivity index (χ3v) is 2.77. The molecule has 0 aliphatic heterocycles. The molecular formula is C11H8F3N3S. The first-order valence-electron chi connectivity index (χ1n) is 4.87. The first-order chi connectivity index (χ1) is 8.45. The smallest absolute Gasteiger partial charge is 0.375 e. The van der Waals surface area contributed by atoms with Crippen molar-refractivity contribution in [1.82, 2.24) is 9.97 Å². The van der Waals surface area contributed by atoms with E-state index < -0.39 is 11.7 Å². The second-order valence-corrected chi connectivity index (χ2v) is 4.30. The molecule has 7 heteroatoms. The van der Waals surface area contributed by atoms with Crippen LogP contribution in [0.25, 0.3) is 12.2 Å². The summed E-state index contributed by atoms with van der Waals surface area (Å²) in [6.45, 7) is 0. The maximum atomic E-state index is 12.3. The molecule has 0 aliphatic rings. The van der Waals surface area contributed by atoms with Crippen LogP contribution in [0.1, 0.15) is 17.0 Å². The van der Waals surface area contributed by atoms with Crippen molar-refractivity contribution in [3.63, 3.8) is 0 Å². The van der Waals surface area contributed by atoms with E-state index in [1.54, 1.807) is 17.5 Å². The summed E-state index contributed by atoms with van der Waals surface area (Å²) in [7, 11) is 0. The van der Waals surface area contributed by atoms with Crippen molar-refractivity contribution in [3.8, 4) is 0 Å². The quantitative estimate of drug-likeness (QED) is 0.911. The van der Waals surface area contributed by atoms with Gasteiger partial charge in [0.25, 0.3) is 0 Å². The fourth-order valence-electron chi connectivity index (χ4n) is 1.22. The molecule has 0 fully saturated rings. The van der Waals surface area contributed by atoms with Gasteiger partial charge in [0.1, 0.15) is 0 Å². The van der Waals surface area contributed by atoms with Crippen LogP contribution in [0, 0.1) is 0 Å². The number of hydrogen-bond acceptors (Lipinski definition) is 4. The number of aromatic nitrogens is 2. The van der Waals surface area contributed by atoms with Crippen LogP contribution < -0.4 is 5.73 Å². The van der Waals surface area contributed by atoms with Gasteiger partial charge in [-0.15, -0.1) is 11.3 Å². The summed E-state index contributed by atoms with van der Waals surface area (Å²) in [5.41, 5.74) is 5.76. The van der Waals surface area contributed by atoms with E-state index in [9.17, 15) is 13.2 Å². The predicted molar refractivity (Wildman–Crippen MR) is 64.7 cm³/mol. The number of pyridine rings is 1. The minimum absolute atomic E-state index is 0.426. The average molecular weight is 271 g/mol. The zero-order chi connectivity index (χ0) is 13.2. The molecule has 0 saturated heterocycles. The van der Waals surface area contributed by atoms with E-state index in [1.807, 2.05) is 0 Å².